The molecule has 0 spiro atoms. The zero-order valence-corrected chi connectivity index (χ0v) is 57.1. The van der Waals surface area contributed by atoms with Crippen molar-refractivity contribution in [1.29, 1.82) is 0 Å². The van der Waals surface area contributed by atoms with Crippen LogP contribution in [-0.4, -0.2) is 135 Å². The number of methoxy groups -OCH3 is 4. The SMILES string of the molecule is COc1cc2c(cc1OCc1ccccc1)CCN(C(=O)OC(C)(C)C)C2CS(=O)(=O)c1nnnn1-c1ccccc1.COc1ccc(/C=C/C2NCCc3cc(OCc4ccccc4)c(OC)cc32)cc1CN1CCCCC1.COc1ccc(C=O)cc1CN1CCCCC1. The maximum atomic E-state index is 13.9. The molecule has 2 fully saturated rings. The summed E-state index contributed by atoms with van der Waals surface area (Å²) in [6.07, 6.45) is 14.0. The third-order valence-electron chi connectivity index (χ3n) is 17.4. The number of para-hydroxylation sites is 1. The number of nitrogens with zero attached hydrogens (tertiary/aromatic N) is 7. The molecule has 1 aromatic heterocycles. The number of piperidine rings is 2. The molecule has 0 bridgehead atoms. The Morgan fingerprint density at radius 3 is 1.62 bits per heavy atom. The summed E-state index contributed by atoms with van der Waals surface area (Å²) in [4.78, 5) is 30.6. The quantitative estimate of drug-likeness (QED) is 0.0666. The van der Waals surface area contributed by atoms with E-state index in [2.05, 4.69) is 85.3 Å². The van der Waals surface area contributed by atoms with Gasteiger partial charge in [-0.1, -0.05) is 115 Å². The molecule has 4 aliphatic rings. The zero-order chi connectivity index (χ0) is 67.4. The molecule has 2 atom stereocenters. The summed E-state index contributed by atoms with van der Waals surface area (Å²) in [5.41, 5.74) is 10.2. The van der Waals surface area contributed by atoms with Crippen molar-refractivity contribution in [3.8, 4) is 40.2 Å². The third-order valence-corrected chi connectivity index (χ3v) is 19.0. The minimum absolute atomic E-state index is 0.119. The van der Waals surface area contributed by atoms with E-state index in [0.717, 1.165) is 96.2 Å². The molecule has 1 N–H and O–H groups in total. The van der Waals surface area contributed by atoms with Crippen LogP contribution in [0.5, 0.6) is 34.5 Å². The number of hydrogen-bond donors (Lipinski definition) is 1. The number of likely N-dealkylation sites (tertiary alicyclic amines) is 2. The average molecular weight is 1320 g/mol. The van der Waals surface area contributed by atoms with Crippen molar-refractivity contribution < 1.29 is 51.2 Å². The fourth-order valence-corrected chi connectivity index (χ4v) is 14.0. The maximum absolute atomic E-state index is 13.9. The summed E-state index contributed by atoms with van der Waals surface area (Å²) in [5, 5.41) is 14.7. The van der Waals surface area contributed by atoms with Crippen molar-refractivity contribution in [3.05, 3.63) is 213 Å². The third kappa shape index (κ3) is 18.7. The van der Waals surface area contributed by atoms with E-state index in [0.29, 0.717) is 42.4 Å². The number of carbonyl (C=O) groups excluding carboxylic acids is 2. The van der Waals surface area contributed by atoms with Gasteiger partial charge in [-0.2, -0.15) is 4.68 Å². The van der Waals surface area contributed by atoms with Gasteiger partial charge in [-0.15, -0.1) is 0 Å². The van der Waals surface area contributed by atoms with E-state index in [1.807, 2.05) is 72.8 Å². The summed E-state index contributed by atoms with van der Waals surface area (Å²) in [6.45, 7) is 13.8. The summed E-state index contributed by atoms with van der Waals surface area (Å²) in [6, 6.07) is 48.0. The van der Waals surface area contributed by atoms with Crippen molar-refractivity contribution >= 4 is 28.3 Å². The number of carbonyl (C=O) groups is 2. The predicted octanol–water partition coefficient (Wildman–Crippen LogP) is 13.2. The standard InChI is InChI=1S/C32H38N2O3.C30H33N5O6S.C14H19NO2/c1-35-30-14-12-24(19-27(30)22-34-17-7-4-8-18-34)11-13-29-28-21-31(36-2)32(20-26(28)15-16-33-29)37-23-25-9-5-3-6-10-25;1-30(2,3)41-29(36)34-16-15-22-17-27(40-19-21-11-7-5-8-12-21)26(39-4)18-24(22)25(34)20-42(37,38)28-31-32-33-35(28)23-13-9-6-10-14-23;1-17-14-6-5-12(11-16)9-13(14)10-15-7-3-2-4-8-15/h3,5-6,9-14,19-21,29,33H,4,7-8,15-18,22-23H2,1-2H3;5-14,17-18,25H,15-16,19-20H2,1-4H3;5-6,9,11H,2-4,7-8,10H2,1H3/b13-11+;;. The second-order valence-corrected chi connectivity index (χ2v) is 27.3. The second-order valence-electron chi connectivity index (χ2n) is 25.4. The van der Waals surface area contributed by atoms with Crippen molar-refractivity contribution in [2.24, 2.45) is 0 Å². The monoisotopic (exact) mass is 1320 g/mol. The van der Waals surface area contributed by atoms with Crippen LogP contribution in [0.25, 0.3) is 11.8 Å². The summed E-state index contributed by atoms with van der Waals surface area (Å²) < 4.78 is 69.3. The highest BCUT2D eigenvalue weighted by atomic mass is 32.2. The van der Waals surface area contributed by atoms with Crippen LogP contribution >= 0.6 is 0 Å². The Balaban J connectivity index is 0.000000169. The van der Waals surface area contributed by atoms with E-state index >= 15 is 0 Å². The van der Waals surface area contributed by atoms with E-state index in [4.69, 9.17) is 33.2 Å². The Kier molecular flexibility index (Phi) is 24.4. The smallest absolute Gasteiger partial charge is 0.410 e. The molecule has 5 heterocycles. The van der Waals surface area contributed by atoms with Crippen LogP contribution in [0.2, 0.25) is 0 Å². The fraction of sp³-hybridized carbons (Fsp3) is 0.382. The number of sulfone groups is 1. The van der Waals surface area contributed by atoms with E-state index in [1.54, 1.807) is 78.5 Å². The minimum Gasteiger partial charge on any atom is -0.496 e. The van der Waals surface area contributed by atoms with E-state index in [-0.39, 0.29) is 17.7 Å². The Labute approximate surface area is 565 Å². The summed E-state index contributed by atoms with van der Waals surface area (Å²) in [5.74, 6) is 3.89. The van der Waals surface area contributed by atoms with Crippen LogP contribution in [0.15, 0.2) is 163 Å². The number of tetrazole rings is 1. The van der Waals surface area contributed by atoms with Crippen molar-refractivity contribution in [1.82, 2.24) is 40.2 Å². The van der Waals surface area contributed by atoms with Crippen molar-refractivity contribution in [2.45, 2.75) is 121 Å². The van der Waals surface area contributed by atoms with Crippen LogP contribution in [0.4, 0.5) is 4.79 Å². The minimum atomic E-state index is -4.12. The van der Waals surface area contributed by atoms with Crippen LogP contribution in [0.1, 0.15) is 132 Å². The topological polar surface area (TPSA) is 198 Å². The van der Waals surface area contributed by atoms with Crippen LogP contribution in [0.3, 0.4) is 0 Å². The van der Waals surface area contributed by atoms with Gasteiger partial charge in [-0.3, -0.25) is 19.5 Å². The average Bonchev–Trinajstić information content (AvgIpc) is 1.01. The van der Waals surface area contributed by atoms with E-state index in [9.17, 15) is 18.0 Å². The van der Waals surface area contributed by atoms with Crippen LogP contribution in [0, 0.1) is 0 Å². The van der Waals surface area contributed by atoms with Gasteiger partial charge in [0.15, 0.2) is 23.0 Å². The van der Waals surface area contributed by atoms with Crippen molar-refractivity contribution in [2.75, 3.05) is 73.5 Å². The lowest BCUT2D eigenvalue weighted by Crippen LogP contribution is -2.45. The van der Waals surface area contributed by atoms with Crippen LogP contribution in [-0.2, 0) is 53.7 Å². The highest BCUT2D eigenvalue weighted by Gasteiger charge is 2.40. The molecule has 12 rings (SSSR count). The number of rotatable bonds is 21. The number of hydrogen-bond acceptors (Lipinski definition) is 17. The van der Waals surface area contributed by atoms with Gasteiger partial charge in [0.05, 0.1) is 52.0 Å². The maximum Gasteiger partial charge on any atom is 0.410 e. The molecule has 96 heavy (non-hydrogen) atoms. The number of fused-ring (bicyclic) bond motifs is 2. The first-order valence-electron chi connectivity index (χ1n) is 33.1. The van der Waals surface area contributed by atoms with Gasteiger partial charge in [-0.25, -0.2) is 13.2 Å². The van der Waals surface area contributed by atoms with Gasteiger partial charge >= 0.3 is 6.09 Å². The largest absolute Gasteiger partial charge is 0.496 e. The molecule has 2 saturated heterocycles. The van der Waals surface area contributed by atoms with Gasteiger partial charge < -0.3 is 38.5 Å². The Bertz CT molecular complexity index is 3980. The lowest BCUT2D eigenvalue weighted by atomic mass is 9.93. The molecule has 19 nitrogen and oxygen atoms in total. The molecule has 7 aromatic carbocycles. The molecule has 0 saturated carbocycles. The van der Waals surface area contributed by atoms with Crippen molar-refractivity contribution in [3.63, 3.8) is 0 Å². The number of aldehydes is 1. The lowest BCUT2D eigenvalue weighted by molar-refractivity contribution is 0.0162. The molecular weight excluding hydrogens is 1230 g/mol. The zero-order valence-electron chi connectivity index (χ0n) is 56.3. The number of aromatic nitrogens is 4. The highest BCUT2D eigenvalue weighted by Crippen LogP contribution is 2.41. The number of nitrogens with one attached hydrogen (secondary N) is 1. The summed E-state index contributed by atoms with van der Waals surface area (Å²) in [7, 11) is 2.55. The van der Waals surface area contributed by atoms with Gasteiger partial charge in [0, 0.05) is 42.9 Å². The van der Waals surface area contributed by atoms with Gasteiger partial charge in [0.1, 0.15) is 36.6 Å². The summed E-state index contributed by atoms with van der Waals surface area (Å²) >= 11 is 0. The second kappa shape index (κ2) is 33.5. The normalized spacial score (nSPS) is 16.5. The molecule has 2 unspecified atom stereocenters. The van der Waals surface area contributed by atoms with Crippen LogP contribution < -0.4 is 33.7 Å². The van der Waals surface area contributed by atoms with Gasteiger partial charge in [0.2, 0.25) is 9.84 Å². The fourth-order valence-electron chi connectivity index (χ4n) is 12.5. The molecular formula is C76H90N8O11S. The number of ether oxygens (including phenoxy) is 7. The highest BCUT2D eigenvalue weighted by molar-refractivity contribution is 7.91. The lowest BCUT2D eigenvalue weighted by Gasteiger charge is -2.38. The Morgan fingerprint density at radius 2 is 1.09 bits per heavy atom. The first-order chi connectivity index (χ1) is 46.6. The first kappa shape index (κ1) is 69.7. The van der Waals surface area contributed by atoms with Gasteiger partial charge in [0.25, 0.3) is 5.16 Å². The van der Waals surface area contributed by atoms with Gasteiger partial charge in [-0.05, 0) is 202 Å². The number of benzene rings is 7. The Hall–Kier alpha value is -9.08. The molecule has 8 aromatic rings. The molecule has 0 radical (unpaired) electrons. The van der Waals surface area contributed by atoms with E-state index in [1.165, 1.54) is 90.6 Å². The molecule has 4 aliphatic heterocycles. The molecule has 506 valence electrons. The Morgan fingerprint density at radius 1 is 0.583 bits per heavy atom. The molecule has 20 heteroatoms. The predicted molar refractivity (Wildman–Crippen MR) is 371 cm³/mol. The first-order valence-corrected chi connectivity index (χ1v) is 34.7. The molecule has 1 amide bonds. The number of amides is 1. The molecule has 0 aliphatic carbocycles. The van der Waals surface area contributed by atoms with E-state index < -0.39 is 33.3 Å².